The Morgan fingerprint density at radius 2 is 1.83 bits per heavy atom. The second-order valence-electron chi connectivity index (χ2n) is 8.17. The SMILES string of the molecule is COCC(=O)Nc1ccc(N(C)C)c(CN(CC(C)C)C(=O)c2cccc(C)c2)c1. The summed E-state index contributed by atoms with van der Waals surface area (Å²) < 4.78 is 4.89. The van der Waals surface area contributed by atoms with E-state index in [9.17, 15) is 9.59 Å². The standard InChI is InChI=1S/C24H33N3O3/c1-17(2)14-27(24(29)19-9-7-8-18(3)12-19)15-20-13-21(25-23(28)16-30-6)10-11-22(20)26(4)5/h7-13,17H,14-16H2,1-6H3,(H,25,28). The average molecular weight is 412 g/mol. The highest BCUT2D eigenvalue weighted by Crippen LogP contribution is 2.26. The number of nitrogens with one attached hydrogen (secondary N) is 1. The molecule has 2 amide bonds. The summed E-state index contributed by atoms with van der Waals surface area (Å²) in [6.07, 6.45) is 0. The number of rotatable bonds is 9. The van der Waals surface area contributed by atoms with Crippen molar-refractivity contribution in [2.75, 3.05) is 44.6 Å². The molecule has 2 aromatic carbocycles. The Morgan fingerprint density at radius 1 is 1.10 bits per heavy atom. The minimum Gasteiger partial charge on any atom is -0.377 e. The molecule has 6 nitrogen and oxygen atoms in total. The van der Waals surface area contributed by atoms with Crippen LogP contribution >= 0.6 is 0 Å². The molecule has 1 N–H and O–H groups in total. The van der Waals surface area contributed by atoms with Crippen LogP contribution in [-0.4, -0.2) is 51.1 Å². The van der Waals surface area contributed by atoms with Crippen molar-refractivity contribution in [1.82, 2.24) is 4.90 Å². The number of benzene rings is 2. The van der Waals surface area contributed by atoms with Gasteiger partial charge in [0.15, 0.2) is 0 Å². The highest BCUT2D eigenvalue weighted by Gasteiger charge is 2.20. The number of nitrogens with zero attached hydrogens (tertiary/aromatic N) is 2. The van der Waals surface area contributed by atoms with Gasteiger partial charge in [0.2, 0.25) is 5.91 Å². The highest BCUT2D eigenvalue weighted by molar-refractivity contribution is 5.94. The summed E-state index contributed by atoms with van der Waals surface area (Å²) in [6, 6.07) is 13.4. The highest BCUT2D eigenvalue weighted by atomic mass is 16.5. The number of carbonyl (C=O) groups is 2. The Labute approximate surface area is 179 Å². The van der Waals surface area contributed by atoms with Crippen LogP contribution in [0.3, 0.4) is 0 Å². The Balaban J connectivity index is 2.36. The molecule has 0 radical (unpaired) electrons. The normalized spacial score (nSPS) is 10.8. The fourth-order valence-electron chi connectivity index (χ4n) is 3.38. The van der Waals surface area contributed by atoms with Gasteiger partial charge in [-0.25, -0.2) is 0 Å². The van der Waals surface area contributed by atoms with Crippen molar-refractivity contribution in [3.05, 3.63) is 59.2 Å². The Morgan fingerprint density at radius 3 is 2.43 bits per heavy atom. The zero-order chi connectivity index (χ0) is 22.3. The van der Waals surface area contributed by atoms with Crippen LogP contribution in [0.2, 0.25) is 0 Å². The number of methoxy groups -OCH3 is 1. The lowest BCUT2D eigenvalue weighted by Crippen LogP contribution is -2.34. The largest absolute Gasteiger partial charge is 0.377 e. The maximum absolute atomic E-state index is 13.3. The lowest BCUT2D eigenvalue weighted by Gasteiger charge is -2.28. The van der Waals surface area contributed by atoms with Gasteiger partial charge in [-0.15, -0.1) is 0 Å². The maximum Gasteiger partial charge on any atom is 0.254 e. The van der Waals surface area contributed by atoms with E-state index in [0.717, 1.165) is 16.8 Å². The molecular formula is C24H33N3O3. The first kappa shape index (κ1) is 23.4. The topological polar surface area (TPSA) is 61.9 Å². The quantitative estimate of drug-likeness (QED) is 0.679. The van der Waals surface area contributed by atoms with Gasteiger partial charge in [-0.05, 0) is 48.7 Å². The molecule has 6 heteroatoms. The fourth-order valence-corrected chi connectivity index (χ4v) is 3.38. The molecule has 30 heavy (non-hydrogen) atoms. The monoisotopic (exact) mass is 411 g/mol. The summed E-state index contributed by atoms with van der Waals surface area (Å²) in [5, 5.41) is 2.85. The third kappa shape index (κ3) is 6.59. The van der Waals surface area contributed by atoms with Crippen LogP contribution in [0.5, 0.6) is 0 Å². The molecule has 0 spiro atoms. The summed E-state index contributed by atoms with van der Waals surface area (Å²) in [6.45, 7) is 7.28. The Bertz CT molecular complexity index is 878. The minimum absolute atomic E-state index is 0.00388. The van der Waals surface area contributed by atoms with Gasteiger partial charge in [-0.2, -0.15) is 0 Å². The molecule has 0 aliphatic carbocycles. The van der Waals surface area contributed by atoms with Gasteiger partial charge in [0.25, 0.3) is 5.91 Å². The predicted octanol–water partition coefficient (Wildman–Crippen LogP) is 3.94. The van der Waals surface area contributed by atoms with Crippen molar-refractivity contribution < 1.29 is 14.3 Å². The predicted molar refractivity (Wildman–Crippen MR) is 122 cm³/mol. The van der Waals surface area contributed by atoms with E-state index >= 15 is 0 Å². The number of hydrogen-bond acceptors (Lipinski definition) is 4. The lowest BCUT2D eigenvalue weighted by molar-refractivity contribution is -0.119. The summed E-state index contributed by atoms with van der Waals surface area (Å²) in [5.41, 5.74) is 4.40. The third-order valence-corrected chi connectivity index (χ3v) is 4.62. The number of amides is 2. The number of aryl methyl sites for hydroxylation is 1. The van der Waals surface area contributed by atoms with E-state index in [1.165, 1.54) is 7.11 Å². The van der Waals surface area contributed by atoms with Crippen molar-refractivity contribution >= 4 is 23.2 Å². The lowest BCUT2D eigenvalue weighted by atomic mass is 10.1. The molecule has 0 aliphatic rings. The van der Waals surface area contributed by atoms with E-state index in [4.69, 9.17) is 4.74 Å². The van der Waals surface area contributed by atoms with Gasteiger partial charge in [0, 0.05) is 51.2 Å². The zero-order valence-electron chi connectivity index (χ0n) is 18.9. The second-order valence-corrected chi connectivity index (χ2v) is 8.17. The van der Waals surface area contributed by atoms with E-state index in [0.29, 0.717) is 30.3 Å². The molecule has 0 saturated heterocycles. The van der Waals surface area contributed by atoms with E-state index in [2.05, 4.69) is 19.2 Å². The molecule has 0 aliphatic heterocycles. The summed E-state index contributed by atoms with van der Waals surface area (Å²) in [7, 11) is 5.43. The van der Waals surface area contributed by atoms with Crippen LogP contribution in [0.1, 0.15) is 35.3 Å². The van der Waals surface area contributed by atoms with Crippen LogP contribution in [0, 0.1) is 12.8 Å². The van der Waals surface area contributed by atoms with Gasteiger partial charge in [-0.3, -0.25) is 9.59 Å². The number of hydrogen-bond donors (Lipinski definition) is 1. The number of carbonyl (C=O) groups excluding carboxylic acids is 2. The fraction of sp³-hybridized carbons (Fsp3) is 0.417. The van der Waals surface area contributed by atoms with Crippen molar-refractivity contribution in [2.45, 2.75) is 27.3 Å². The third-order valence-electron chi connectivity index (χ3n) is 4.62. The smallest absolute Gasteiger partial charge is 0.254 e. The molecule has 0 atom stereocenters. The molecule has 0 fully saturated rings. The van der Waals surface area contributed by atoms with Gasteiger partial charge in [-0.1, -0.05) is 31.5 Å². The Kier molecular flexibility index (Phi) is 8.42. The maximum atomic E-state index is 13.3. The molecule has 0 saturated carbocycles. The minimum atomic E-state index is -0.212. The van der Waals surface area contributed by atoms with Crippen LogP contribution in [0.25, 0.3) is 0 Å². The first-order valence-electron chi connectivity index (χ1n) is 10.2. The molecule has 162 valence electrons. The number of ether oxygens (including phenoxy) is 1. The van der Waals surface area contributed by atoms with Crippen molar-refractivity contribution in [2.24, 2.45) is 5.92 Å². The first-order valence-corrected chi connectivity index (χ1v) is 10.2. The molecule has 2 aromatic rings. The summed E-state index contributed by atoms with van der Waals surface area (Å²) in [5.74, 6) is 0.119. The van der Waals surface area contributed by atoms with E-state index in [1.54, 1.807) is 0 Å². The van der Waals surface area contributed by atoms with Crippen LogP contribution in [0.15, 0.2) is 42.5 Å². The van der Waals surface area contributed by atoms with E-state index < -0.39 is 0 Å². The van der Waals surface area contributed by atoms with E-state index in [-0.39, 0.29) is 18.4 Å². The van der Waals surface area contributed by atoms with Crippen LogP contribution in [0.4, 0.5) is 11.4 Å². The molecule has 2 rings (SSSR count). The van der Waals surface area contributed by atoms with Gasteiger partial charge >= 0.3 is 0 Å². The van der Waals surface area contributed by atoms with Crippen LogP contribution < -0.4 is 10.2 Å². The van der Waals surface area contributed by atoms with Gasteiger partial charge < -0.3 is 19.9 Å². The van der Waals surface area contributed by atoms with Crippen molar-refractivity contribution in [3.8, 4) is 0 Å². The van der Waals surface area contributed by atoms with Gasteiger partial charge in [0.1, 0.15) is 6.61 Å². The molecular weight excluding hydrogens is 378 g/mol. The summed E-state index contributed by atoms with van der Waals surface area (Å²) in [4.78, 5) is 29.1. The molecule has 0 unspecified atom stereocenters. The molecule has 0 heterocycles. The average Bonchev–Trinajstić information content (AvgIpc) is 2.66. The molecule has 0 bridgehead atoms. The first-order chi connectivity index (χ1) is 14.2. The van der Waals surface area contributed by atoms with Crippen LogP contribution in [-0.2, 0) is 16.1 Å². The van der Waals surface area contributed by atoms with Gasteiger partial charge in [0.05, 0.1) is 0 Å². The zero-order valence-corrected chi connectivity index (χ0v) is 18.9. The second kappa shape index (κ2) is 10.8. The van der Waals surface area contributed by atoms with Crippen molar-refractivity contribution in [3.63, 3.8) is 0 Å². The summed E-state index contributed by atoms with van der Waals surface area (Å²) >= 11 is 0. The number of anilines is 2. The van der Waals surface area contributed by atoms with Crippen molar-refractivity contribution in [1.29, 1.82) is 0 Å². The Hall–Kier alpha value is -2.86. The molecule has 0 aromatic heterocycles. The van der Waals surface area contributed by atoms with E-state index in [1.807, 2.05) is 73.3 Å².